The van der Waals surface area contributed by atoms with Gasteiger partial charge in [-0.15, -0.1) is 0 Å². The Balaban J connectivity index is 1.47. The molecule has 0 bridgehead atoms. The normalized spacial score (nSPS) is 17.2. The van der Waals surface area contributed by atoms with Gasteiger partial charge in [0.1, 0.15) is 22.4 Å². The van der Waals surface area contributed by atoms with E-state index in [1.807, 2.05) is 0 Å². The van der Waals surface area contributed by atoms with Gasteiger partial charge in [0, 0.05) is 5.56 Å². The minimum atomic E-state index is -0.483. The van der Waals surface area contributed by atoms with Crippen molar-refractivity contribution in [3.63, 3.8) is 0 Å². The predicted octanol–water partition coefficient (Wildman–Crippen LogP) is 6.07. The maximum atomic E-state index is 13.1. The topological polar surface area (TPSA) is 82.0 Å². The van der Waals surface area contributed by atoms with Crippen LogP contribution in [0.5, 0.6) is 0 Å². The maximum absolute atomic E-state index is 13.1. The number of unbranched alkanes of at least 4 members (excludes halogenated alkanes) is 4. The number of benzene rings is 1. The summed E-state index contributed by atoms with van der Waals surface area (Å²) in [6, 6.07) is 9.40. The third-order valence-electron chi connectivity index (χ3n) is 5.03. The molecule has 2 aliphatic heterocycles. The number of fused-ring (bicyclic) bond motifs is 1. The number of nitrogens with one attached hydrogen (secondary N) is 1. The number of thioether (sulfide) groups is 1. The second-order valence-electron chi connectivity index (χ2n) is 7.39. The standard InChI is InChI=1S/C23H23FN4O2S/c1-2-3-4-5-6-7-20-27-28-21(25)18(22(29)26-23(28)31-20)14-17-12-13-19(30-17)15-8-10-16(24)11-9-15/h8-14,25H,2-7H2,1H3/b18-14-,25-21?. The number of carbonyl (C=O) groups is 1. The van der Waals surface area contributed by atoms with E-state index in [4.69, 9.17) is 9.83 Å². The molecular formula is C23H23FN4O2S. The third kappa shape index (κ3) is 4.85. The Morgan fingerprint density at radius 1 is 1.13 bits per heavy atom. The van der Waals surface area contributed by atoms with Crippen LogP contribution in [0.4, 0.5) is 4.39 Å². The van der Waals surface area contributed by atoms with Gasteiger partial charge in [-0.1, -0.05) is 32.6 Å². The summed E-state index contributed by atoms with van der Waals surface area (Å²) >= 11 is 1.36. The molecule has 0 saturated carbocycles. The molecule has 1 aromatic heterocycles. The molecule has 1 amide bonds. The zero-order valence-electron chi connectivity index (χ0n) is 17.2. The molecule has 0 unspecified atom stereocenters. The number of amidine groups is 2. The van der Waals surface area contributed by atoms with Crippen molar-refractivity contribution in [1.29, 1.82) is 5.41 Å². The van der Waals surface area contributed by atoms with E-state index in [0.717, 1.165) is 29.9 Å². The molecule has 0 radical (unpaired) electrons. The molecule has 160 valence electrons. The first-order valence-corrected chi connectivity index (χ1v) is 11.2. The van der Waals surface area contributed by atoms with Crippen LogP contribution < -0.4 is 0 Å². The number of amides is 1. The molecule has 0 aliphatic carbocycles. The molecule has 0 atom stereocenters. The van der Waals surface area contributed by atoms with Gasteiger partial charge in [0.15, 0.2) is 5.84 Å². The Morgan fingerprint density at radius 2 is 1.90 bits per heavy atom. The van der Waals surface area contributed by atoms with E-state index in [9.17, 15) is 9.18 Å². The van der Waals surface area contributed by atoms with Crippen LogP contribution in [0.25, 0.3) is 17.4 Å². The van der Waals surface area contributed by atoms with E-state index in [1.54, 1.807) is 24.3 Å². The Morgan fingerprint density at radius 3 is 2.68 bits per heavy atom. The molecule has 4 rings (SSSR count). The van der Waals surface area contributed by atoms with Crippen LogP contribution >= 0.6 is 11.8 Å². The lowest BCUT2D eigenvalue weighted by Crippen LogP contribution is -2.35. The minimum absolute atomic E-state index is 0.0109. The molecule has 2 aromatic rings. The second kappa shape index (κ2) is 9.43. The van der Waals surface area contributed by atoms with Gasteiger partial charge >= 0.3 is 0 Å². The predicted molar refractivity (Wildman–Crippen MR) is 122 cm³/mol. The molecule has 6 nitrogen and oxygen atoms in total. The Bertz CT molecular complexity index is 1090. The molecule has 8 heteroatoms. The fourth-order valence-electron chi connectivity index (χ4n) is 3.35. The van der Waals surface area contributed by atoms with Crippen molar-refractivity contribution in [2.24, 2.45) is 10.1 Å². The molecule has 31 heavy (non-hydrogen) atoms. The number of carbonyl (C=O) groups excluding carboxylic acids is 1. The quantitative estimate of drug-likeness (QED) is 0.401. The summed E-state index contributed by atoms with van der Waals surface area (Å²) in [5, 5.41) is 15.7. The number of nitrogens with zero attached hydrogens (tertiary/aromatic N) is 3. The number of hydrazone groups is 1. The Hall–Kier alpha value is -3.00. The molecule has 1 aromatic carbocycles. The van der Waals surface area contributed by atoms with E-state index in [0.29, 0.717) is 16.7 Å². The van der Waals surface area contributed by atoms with Gasteiger partial charge in [-0.25, -0.2) is 4.39 Å². The van der Waals surface area contributed by atoms with Gasteiger partial charge in [0.25, 0.3) is 5.91 Å². The monoisotopic (exact) mass is 438 g/mol. The van der Waals surface area contributed by atoms with Crippen LogP contribution in [0.3, 0.4) is 0 Å². The highest BCUT2D eigenvalue weighted by molar-refractivity contribution is 8.26. The smallest absolute Gasteiger partial charge is 0.283 e. The maximum Gasteiger partial charge on any atom is 0.283 e. The summed E-state index contributed by atoms with van der Waals surface area (Å²) in [5.41, 5.74) is 0.845. The molecule has 0 fully saturated rings. The van der Waals surface area contributed by atoms with Crippen molar-refractivity contribution >= 4 is 39.8 Å². The van der Waals surface area contributed by atoms with Crippen LogP contribution in [0.1, 0.15) is 51.2 Å². The lowest BCUT2D eigenvalue weighted by atomic mass is 10.1. The Labute approximate surface area is 184 Å². The van der Waals surface area contributed by atoms with Gasteiger partial charge in [0.2, 0.25) is 5.17 Å². The van der Waals surface area contributed by atoms with Crippen LogP contribution in [0.2, 0.25) is 0 Å². The lowest BCUT2D eigenvalue weighted by molar-refractivity contribution is -0.114. The van der Waals surface area contributed by atoms with E-state index >= 15 is 0 Å². The average Bonchev–Trinajstić information content (AvgIpc) is 3.39. The van der Waals surface area contributed by atoms with Crippen molar-refractivity contribution < 1.29 is 13.6 Å². The zero-order valence-corrected chi connectivity index (χ0v) is 18.0. The number of hydrogen-bond acceptors (Lipinski definition) is 5. The van der Waals surface area contributed by atoms with E-state index in [-0.39, 0.29) is 17.2 Å². The summed E-state index contributed by atoms with van der Waals surface area (Å²) in [6.45, 7) is 2.19. The summed E-state index contributed by atoms with van der Waals surface area (Å²) in [5.74, 6) is 0.145. The largest absolute Gasteiger partial charge is 0.457 e. The van der Waals surface area contributed by atoms with Crippen molar-refractivity contribution in [3.8, 4) is 11.3 Å². The van der Waals surface area contributed by atoms with Crippen molar-refractivity contribution in [3.05, 3.63) is 53.5 Å². The van der Waals surface area contributed by atoms with E-state index < -0.39 is 5.91 Å². The summed E-state index contributed by atoms with van der Waals surface area (Å²) in [7, 11) is 0. The SMILES string of the molecule is CCCCCCCC1=NN2C(=N)/C(=C/c3ccc(-c4ccc(F)cc4)o3)C(=O)N=C2S1. The van der Waals surface area contributed by atoms with Crippen molar-refractivity contribution in [1.82, 2.24) is 5.01 Å². The number of aliphatic imine (C=N–C) groups is 1. The minimum Gasteiger partial charge on any atom is -0.457 e. The summed E-state index contributed by atoms with van der Waals surface area (Å²) < 4.78 is 18.9. The van der Waals surface area contributed by atoms with Gasteiger partial charge < -0.3 is 4.42 Å². The number of hydrogen-bond donors (Lipinski definition) is 1. The van der Waals surface area contributed by atoms with Crippen LogP contribution in [0.15, 0.2) is 56.5 Å². The molecule has 2 aliphatic rings. The van der Waals surface area contributed by atoms with Crippen molar-refractivity contribution in [2.45, 2.75) is 45.4 Å². The average molecular weight is 439 g/mol. The lowest BCUT2D eigenvalue weighted by Gasteiger charge is -2.19. The fourth-order valence-corrected chi connectivity index (χ4v) is 4.28. The highest BCUT2D eigenvalue weighted by Crippen LogP contribution is 2.31. The molecular weight excluding hydrogens is 415 g/mol. The van der Waals surface area contributed by atoms with Gasteiger partial charge in [-0.2, -0.15) is 15.1 Å². The van der Waals surface area contributed by atoms with Gasteiger partial charge in [-0.3, -0.25) is 10.2 Å². The molecule has 0 spiro atoms. The fraction of sp³-hybridized carbons (Fsp3) is 0.304. The Kier molecular flexibility index (Phi) is 6.46. The first-order valence-electron chi connectivity index (χ1n) is 10.4. The van der Waals surface area contributed by atoms with Crippen molar-refractivity contribution in [2.75, 3.05) is 0 Å². The number of furan rings is 1. The van der Waals surface area contributed by atoms with Crippen LogP contribution in [0, 0.1) is 11.2 Å². The second-order valence-corrected chi connectivity index (χ2v) is 8.43. The highest BCUT2D eigenvalue weighted by Gasteiger charge is 2.35. The molecule has 0 saturated heterocycles. The molecule has 3 heterocycles. The highest BCUT2D eigenvalue weighted by atomic mass is 32.2. The summed E-state index contributed by atoms with van der Waals surface area (Å²) in [6.07, 6.45) is 8.16. The summed E-state index contributed by atoms with van der Waals surface area (Å²) in [4.78, 5) is 16.6. The van der Waals surface area contributed by atoms with Gasteiger partial charge in [-0.05, 0) is 67.1 Å². The van der Waals surface area contributed by atoms with Gasteiger partial charge in [0.05, 0.1) is 5.57 Å². The zero-order chi connectivity index (χ0) is 21.8. The molecule has 1 N–H and O–H groups in total. The van der Waals surface area contributed by atoms with E-state index in [2.05, 4.69) is 17.0 Å². The number of halogens is 1. The van der Waals surface area contributed by atoms with E-state index in [1.165, 1.54) is 54.2 Å². The van der Waals surface area contributed by atoms with Crippen LogP contribution in [-0.4, -0.2) is 27.0 Å². The van der Waals surface area contributed by atoms with Crippen LogP contribution in [-0.2, 0) is 4.79 Å². The first-order chi connectivity index (χ1) is 15.0. The first kappa shape index (κ1) is 21.2. The number of rotatable bonds is 8. The third-order valence-corrected chi connectivity index (χ3v) is 6.00.